The number of aromatic nitrogens is 4. The van der Waals surface area contributed by atoms with Gasteiger partial charge in [-0.05, 0) is 56.0 Å². The number of likely N-dealkylation sites (tertiary alicyclic amines) is 1. The highest BCUT2D eigenvalue weighted by Gasteiger charge is 2.21. The Kier molecular flexibility index (Phi) is 5.39. The van der Waals surface area contributed by atoms with Crippen LogP contribution < -0.4 is 0 Å². The van der Waals surface area contributed by atoms with Crippen molar-refractivity contribution in [3.05, 3.63) is 59.9 Å². The van der Waals surface area contributed by atoms with Crippen LogP contribution in [0.4, 0.5) is 0 Å². The van der Waals surface area contributed by atoms with Gasteiger partial charge in [0.05, 0.1) is 11.9 Å². The third-order valence-electron chi connectivity index (χ3n) is 4.97. The van der Waals surface area contributed by atoms with E-state index in [0.29, 0.717) is 12.5 Å². The third kappa shape index (κ3) is 4.31. The van der Waals surface area contributed by atoms with Crippen LogP contribution in [0.5, 0.6) is 0 Å². The van der Waals surface area contributed by atoms with Gasteiger partial charge in [0.1, 0.15) is 6.61 Å². The van der Waals surface area contributed by atoms with E-state index in [-0.39, 0.29) is 0 Å². The van der Waals surface area contributed by atoms with Crippen LogP contribution in [0.25, 0.3) is 5.78 Å². The highest BCUT2D eigenvalue weighted by atomic mass is 16.6. The molecule has 0 spiro atoms. The van der Waals surface area contributed by atoms with Crippen LogP contribution in [0.1, 0.15) is 42.5 Å². The van der Waals surface area contributed by atoms with Crippen LogP contribution in [-0.4, -0.2) is 50.2 Å². The monoisotopic (exact) mass is 364 g/mol. The van der Waals surface area contributed by atoms with E-state index in [1.54, 1.807) is 12.4 Å². The minimum absolute atomic E-state index is 0.566. The Morgan fingerprint density at radius 2 is 2.07 bits per heavy atom. The third-order valence-corrected chi connectivity index (χ3v) is 4.97. The summed E-state index contributed by atoms with van der Waals surface area (Å²) in [6.07, 6.45) is 13.8. The number of imidazole rings is 1. The van der Waals surface area contributed by atoms with Crippen LogP contribution in [0.2, 0.25) is 0 Å². The maximum Gasteiger partial charge on any atom is 0.233 e. The predicted molar refractivity (Wildman–Crippen MR) is 104 cm³/mol. The second-order valence-electron chi connectivity index (χ2n) is 6.82. The average molecular weight is 364 g/mol. The van der Waals surface area contributed by atoms with E-state index >= 15 is 0 Å². The van der Waals surface area contributed by atoms with Gasteiger partial charge in [-0.25, -0.2) is 9.97 Å². The van der Waals surface area contributed by atoms with Gasteiger partial charge >= 0.3 is 0 Å². The van der Waals surface area contributed by atoms with Gasteiger partial charge in [-0.2, -0.15) is 0 Å². The first-order valence-electron chi connectivity index (χ1n) is 9.43. The van der Waals surface area contributed by atoms with Gasteiger partial charge in [-0.15, -0.1) is 0 Å². The quantitative estimate of drug-likeness (QED) is 0.497. The topological polar surface area (TPSA) is 67.9 Å². The van der Waals surface area contributed by atoms with Crippen molar-refractivity contribution in [2.45, 2.75) is 32.2 Å². The number of fused-ring (bicyclic) bond motifs is 1. The zero-order valence-electron chi connectivity index (χ0n) is 15.5. The molecule has 7 heteroatoms. The highest BCUT2D eigenvalue weighted by molar-refractivity contribution is 5.76. The Hall–Kier alpha value is -2.80. The van der Waals surface area contributed by atoms with E-state index < -0.39 is 0 Å². The summed E-state index contributed by atoms with van der Waals surface area (Å²) >= 11 is 0. The van der Waals surface area contributed by atoms with Crippen molar-refractivity contribution in [1.29, 1.82) is 0 Å². The maximum absolute atomic E-state index is 4.97. The molecule has 3 aromatic heterocycles. The molecule has 3 aromatic rings. The molecule has 7 nitrogen and oxygen atoms in total. The SMILES string of the molecule is CCON=Cc1ccc(CN2CCC(c3cnc4nccn4c3)CC2)cn1. The molecule has 0 aliphatic carbocycles. The van der Waals surface area contributed by atoms with Crippen LogP contribution >= 0.6 is 0 Å². The molecule has 140 valence electrons. The minimum Gasteiger partial charge on any atom is -0.396 e. The summed E-state index contributed by atoms with van der Waals surface area (Å²) < 4.78 is 2.00. The highest BCUT2D eigenvalue weighted by Crippen LogP contribution is 2.28. The number of pyridine rings is 1. The van der Waals surface area contributed by atoms with Crippen molar-refractivity contribution in [3.63, 3.8) is 0 Å². The molecule has 0 atom stereocenters. The lowest BCUT2D eigenvalue weighted by Crippen LogP contribution is -2.32. The van der Waals surface area contributed by atoms with Gasteiger partial charge < -0.3 is 4.84 Å². The predicted octanol–water partition coefficient (Wildman–Crippen LogP) is 2.87. The number of hydrogen-bond acceptors (Lipinski definition) is 6. The van der Waals surface area contributed by atoms with Crippen LogP contribution in [-0.2, 0) is 11.4 Å². The van der Waals surface area contributed by atoms with E-state index in [0.717, 1.165) is 43.9 Å². The summed E-state index contributed by atoms with van der Waals surface area (Å²) in [7, 11) is 0. The van der Waals surface area contributed by atoms with Crippen molar-refractivity contribution in [2.75, 3.05) is 19.7 Å². The normalized spacial score (nSPS) is 16.3. The molecule has 4 heterocycles. The maximum atomic E-state index is 4.97. The number of oxime groups is 1. The Labute approximate surface area is 158 Å². The fourth-order valence-electron chi connectivity index (χ4n) is 3.50. The lowest BCUT2D eigenvalue weighted by molar-refractivity contribution is 0.160. The summed E-state index contributed by atoms with van der Waals surface area (Å²) in [5, 5.41) is 3.85. The molecule has 0 radical (unpaired) electrons. The smallest absolute Gasteiger partial charge is 0.233 e. The van der Waals surface area contributed by atoms with E-state index in [4.69, 9.17) is 4.84 Å². The van der Waals surface area contributed by atoms with Crippen molar-refractivity contribution in [3.8, 4) is 0 Å². The number of hydrogen-bond donors (Lipinski definition) is 0. The molecule has 0 unspecified atom stereocenters. The molecule has 1 aliphatic heterocycles. The Bertz CT molecular complexity index is 896. The number of rotatable bonds is 6. The lowest BCUT2D eigenvalue weighted by Gasteiger charge is -2.32. The second kappa shape index (κ2) is 8.26. The van der Waals surface area contributed by atoms with Gasteiger partial charge in [-0.1, -0.05) is 11.2 Å². The summed E-state index contributed by atoms with van der Waals surface area (Å²) in [5.74, 6) is 1.33. The fraction of sp³-hybridized carbons (Fsp3) is 0.400. The molecule has 1 saturated heterocycles. The van der Waals surface area contributed by atoms with Crippen molar-refractivity contribution < 1.29 is 4.84 Å². The molecule has 1 fully saturated rings. The lowest BCUT2D eigenvalue weighted by atomic mass is 9.91. The van der Waals surface area contributed by atoms with Crippen molar-refractivity contribution >= 4 is 12.0 Å². The molecule has 0 bridgehead atoms. The standard InChI is InChI=1S/C20H24N6O/c1-2-27-24-13-19-4-3-16(11-22-19)14-25-8-5-17(6-9-25)18-12-23-20-21-7-10-26(20)15-18/h3-4,7,10-13,15,17H,2,5-6,8-9,14H2,1H3. The molecule has 27 heavy (non-hydrogen) atoms. The molecule has 4 rings (SSSR count). The summed E-state index contributed by atoms with van der Waals surface area (Å²) in [6, 6.07) is 4.10. The zero-order chi connectivity index (χ0) is 18.5. The Morgan fingerprint density at radius 3 is 2.85 bits per heavy atom. The zero-order valence-corrected chi connectivity index (χ0v) is 15.5. The summed E-state index contributed by atoms with van der Waals surface area (Å²) in [4.78, 5) is 20.5. The van der Waals surface area contributed by atoms with E-state index in [2.05, 4.69) is 37.3 Å². The first-order chi connectivity index (χ1) is 13.3. The minimum atomic E-state index is 0.566. The first-order valence-corrected chi connectivity index (χ1v) is 9.43. The Balaban J connectivity index is 1.31. The molecular formula is C20H24N6O. The van der Waals surface area contributed by atoms with Gasteiger partial charge in [0.25, 0.3) is 0 Å². The van der Waals surface area contributed by atoms with Gasteiger partial charge in [0.2, 0.25) is 5.78 Å². The molecule has 0 aromatic carbocycles. The van der Waals surface area contributed by atoms with Gasteiger partial charge in [0, 0.05) is 37.5 Å². The van der Waals surface area contributed by atoms with E-state index in [1.165, 1.54) is 11.1 Å². The van der Waals surface area contributed by atoms with E-state index in [1.807, 2.05) is 36.0 Å². The van der Waals surface area contributed by atoms with Crippen molar-refractivity contribution in [2.24, 2.45) is 5.16 Å². The Morgan fingerprint density at radius 1 is 1.19 bits per heavy atom. The number of nitrogens with zero attached hydrogens (tertiary/aromatic N) is 6. The number of piperidine rings is 1. The summed E-state index contributed by atoms with van der Waals surface area (Å²) in [5.41, 5.74) is 3.34. The summed E-state index contributed by atoms with van der Waals surface area (Å²) in [6.45, 7) is 5.57. The molecule has 0 amide bonds. The fourth-order valence-corrected chi connectivity index (χ4v) is 3.50. The largest absolute Gasteiger partial charge is 0.396 e. The molecular weight excluding hydrogens is 340 g/mol. The molecule has 1 aliphatic rings. The van der Waals surface area contributed by atoms with E-state index in [9.17, 15) is 0 Å². The average Bonchev–Trinajstić information content (AvgIpc) is 3.18. The van der Waals surface area contributed by atoms with Crippen LogP contribution in [0, 0.1) is 0 Å². The van der Waals surface area contributed by atoms with Crippen LogP contribution in [0.15, 0.2) is 48.3 Å². The second-order valence-corrected chi connectivity index (χ2v) is 6.82. The van der Waals surface area contributed by atoms with Crippen LogP contribution in [0.3, 0.4) is 0 Å². The molecule has 0 saturated carbocycles. The van der Waals surface area contributed by atoms with Crippen molar-refractivity contribution in [1.82, 2.24) is 24.3 Å². The molecule has 0 N–H and O–H groups in total. The first kappa shape index (κ1) is 17.6. The van der Waals surface area contributed by atoms with Gasteiger partial charge in [-0.3, -0.25) is 14.3 Å². The van der Waals surface area contributed by atoms with Gasteiger partial charge in [0.15, 0.2) is 0 Å².